The number of benzene rings is 3. The number of nitrogens with one attached hydrogen (secondary N) is 1. The van der Waals surface area contributed by atoms with Crippen molar-refractivity contribution in [2.75, 3.05) is 13.4 Å². The molecule has 25 heavy (non-hydrogen) atoms. The zero-order valence-corrected chi connectivity index (χ0v) is 15.0. The first-order valence-electron chi connectivity index (χ1n) is 8.14. The van der Waals surface area contributed by atoms with Gasteiger partial charge in [0.15, 0.2) is 0 Å². The molecule has 0 atom stereocenters. The molecule has 0 spiro atoms. The van der Waals surface area contributed by atoms with E-state index in [1.54, 1.807) is 0 Å². The van der Waals surface area contributed by atoms with Gasteiger partial charge in [-0.15, -0.1) is 0 Å². The molecule has 0 aliphatic carbocycles. The van der Waals surface area contributed by atoms with Gasteiger partial charge in [0.1, 0.15) is 29.5 Å². The largest absolute Gasteiger partial charge is 0.453 e. The van der Waals surface area contributed by atoms with E-state index in [4.69, 9.17) is 4.74 Å². The van der Waals surface area contributed by atoms with Gasteiger partial charge in [-0.2, -0.15) is 0 Å². The van der Waals surface area contributed by atoms with E-state index in [0.717, 1.165) is 0 Å². The van der Waals surface area contributed by atoms with Gasteiger partial charge in [0.05, 0.1) is 7.11 Å². The van der Waals surface area contributed by atoms with Crippen molar-refractivity contribution in [3.63, 3.8) is 0 Å². The molecule has 3 aromatic rings. The number of alkyl carbamates (subject to hydrolysis) is 1. The van der Waals surface area contributed by atoms with Crippen molar-refractivity contribution in [1.82, 2.24) is 5.32 Å². The lowest BCUT2D eigenvalue weighted by molar-refractivity contribution is 0.173. The molecular formula is C21H21NO2P+. The third-order valence-electron chi connectivity index (χ3n) is 4.24. The highest BCUT2D eigenvalue weighted by Crippen LogP contribution is 2.54. The van der Waals surface area contributed by atoms with Crippen LogP contribution in [-0.4, -0.2) is 19.5 Å². The zero-order chi connectivity index (χ0) is 17.5. The first-order valence-corrected chi connectivity index (χ1v) is 10.1. The zero-order valence-electron chi connectivity index (χ0n) is 14.1. The lowest BCUT2D eigenvalue weighted by Crippen LogP contribution is -2.39. The van der Waals surface area contributed by atoms with E-state index < -0.39 is 13.4 Å². The molecule has 0 saturated heterocycles. The van der Waals surface area contributed by atoms with Gasteiger partial charge < -0.3 is 4.74 Å². The molecule has 0 heterocycles. The topological polar surface area (TPSA) is 38.3 Å². The van der Waals surface area contributed by atoms with Gasteiger partial charge in [0, 0.05) is 0 Å². The maximum Gasteiger partial charge on any atom is 0.409 e. The quantitative estimate of drug-likeness (QED) is 0.717. The molecule has 3 nitrogen and oxygen atoms in total. The molecule has 0 fully saturated rings. The van der Waals surface area contributed by atoms with Gasteiger partial charge in [-0.25, -0.2) is 4.79 Å². The average molecular weight is 350 g/mol. The summed E-state index contributed by atoms with van der Waals surface area (Å²) in [5, 5.41) is 6.63. The Morgan fingerprint density at radius 3 is 1.44 bits per heavy atom. The molecule has 0 saturated carbocycles. The van der Waals surface area contributed by atoms with E-state index in [1.807, 2.05) is 54.6 Å². The lowest BCUT2D eigenvalue weighted by atomic mass is 10.4. The number of carbonyl (C=O) groups excluding carboxylic acids is 1. The Morgan fingerprint density at radius 1 is 0.760 bits per heavy atom. The van der Waals surface area contributed by atoms with Crippen molar-refractivity contribution in [2.24, 2.45) is 0 Å². The molecule has 1 amide bonds. The molecule has 0 unspecified atom stereocenters. The van der Waals surface area contributed by atoms with Crippen LogP contribution in [0.25, 0.3) is 0 Å². The minimum Gasteiger partial charge on any atom is -0.453 e. The van der Waals surface area contributed by atoms with Crippen LogP contribution in [0.2, 0.25) is 0 Å². The SMILES string of the molecule is COC(=O)NC[P+](c1ccccc1)(c1ccccc1)c1ccccc1. The Hall–Kier alpha value is -2.64. The van der Waals surface area contributed by atoms with E-state index in [0.29, 0.717) is 6.29 Å². The highest BCUT2D eigenvalue weighted by Gasteiger charge is 2.45. The number of rotatable bonds is 5. The first kappa shape index (κ1) is 17.2. The highest BCUT2D eigenvalue weighted by molar-refractivity contribution is 7.95. The fourth-order valence-corrected chi connectivity index (χ4v) is 6.88. The molecule has 0 radical (unpaired) electrons. The van der Waals surface area contributed by atoms with Crippen LogP contribution in [0.1, 0.15) is 0 Å². The second-order valence-electron chi connectivity index (χ2n) is 5.64. The number of carbonyl (C=O) groups is 1. The van der Waals surface area contributed by atoms with Gasteiger partial charge in [-0.3, -0.25) is 5.32 Å². The van der Waals surface area contributed by atoms with Gasteiger partial charge in [-0.1, -0.05) is 54.6 Å². The van der Waals surface area contributed by atoms with E-state index in [1.165, 1.54) is 23.0 Å². The van der Waals surface area contributed by atoms with E-state index >= 15 is 0 Å². The highest BCUT2D eigenvalue weighted by atomic mass is 31.2. The number of amides is 1. The van der Waals surface area contributed by atoms with Crippen molar-refractivity contribution in [3.05, 3.63) is 91.0 Å². The number of methoxy groups -OCH3 is 1. The Morgan fingerprint density at radius 2 is 1.12 bits per heavy atom. The predicted octanol–water partition coefficient (Wildman–Crippen LogP) is 3.29. The predicted molar refractivity (Wildman–Crippen MR) is 106 cm³/mol. The Bertz CT molecular complexity index is 710. The van der Waals surface area contributed by atoms with E-state index in [9.17, 15) is 4.79 Å². The minimum absolute atomic E-state index is 0.410. The van der Waals surface area contributed by atoms with Crippen molar-refractivity contribution in [2.45, 2.75) is 0 Å². The van der Waals surface area contributed by atoms with Crippen LogP contribution in [0.5, 0.6) is 0 Å². The number of ether oxygens (including phenoxy) is 1. The summed E-state index contributed by atoms with van der Waals surface area (Å²) in [5.41, 5.74) is 0. The third kappa shape index (κ3) is 3.57. The van der Waals surface area contributed by atoms with Crippen LogP contribution in [0.15, 0.2) is 91.0 Å². The van der Waals surface area contributed by atoms with Gasteiger partial charge in [-0.05, 0) is 36.4 Å². The third-order valence-corrected chi connectivity index (χ3v) is 8.41. The van der Waals surface area contributed by atoms with Crippen LogP contribution in [0.3, 0.4) is 0 Å². The van der Waals surface area contributed by atoms with Crippen LogP contribution in [0.4, 0.5) is 4.79 Å². The summed E-state index contributed by atoms with van der Waals surface area (Å²) in [4.78, 5) is 11.8. The molecule has 1 N–H and O–H groups in total. The Labute approximate surface area is 149 Å². The standard InChI is InChI=1S/C21H20NO2P/c1-24-21(23)22-17-25(18-11-5-2-6-12-18,19-13-7-3-8-14-19)20-15-9-4-10-16-20/h2-16H,17H2,1H3/p+1. The second kappa shape index (κ2) is 7.96. The normalized spacial score (nSPS) is 10.9. The molecule has 4 heteroatoms. The summed E-state index contributed by atoms with van der Waals surface area (Å²) in [5.74, 6) is 0. The van der Waals surface area contributed by atoms with Gasteiger partial charge in [0.25, 0.3) is 0 Å². The summed E-state index contributed by atoms with van der Waals surface area (Å²) in [6.45, 7) is 0. The summed E-state index contributed by atoms with van der Waals surface area (Å²) in [6.07, 6.45) is 0.102. The summed E-state index contributed by atoms with van der Waals surface area (Å²) < 4.78 is 4.82. The smallest absolute Gasteiger partial charge is 0.409 e. The van der Waals surface area contributed by atoms with Crippen LogP contribution >= 0.6 is 7.26 Å². The fraction of sp³-hybridized carbons (Fsp3) is 0.0952. The minimum atomic E-state index is -2.03. The van der Waals surface area contributed by atoms with Crippen molar-refractivity contribution in [3.8, 4) is 0 Å². The summed E-state index contributed by atoms with van der Waals surface area (Å²) in [6, 6.07) is 31.2. The molecule has 0 aromatic heterocycles. The van der Waals surface area contributed by atoms with Gasteiger partial charge in [0.2, 0.25) is 0 Å². The maximum atomic E-state index is 11.8. The van der Waals surface area contributed by atoms with Crippen LogP contribution in [-0.2, 0) is 4.74 Å². The molecule has 0 aliphatic rings. The van der Waals surface area contributed by atoms with Crippen molar-refractivity contribution < 1.29 is 9.53 Å². The van der Waals surface area contributed by atoms with Crippen molar-refractivity contribution >= 4 is 29.3 Å². The number of hydrogen-bond donors (Lipinski definition) is 1. The molecule has 3 rings (SSSR count). The van der Waals surface area contributed by atoms with E-state index in [2.05, 4.69) is 41.7 Å². The Kier molecular flexibility index (Phi) is 5.47. The second-order valence-corrected chi connectivity index (χ2v) is 9.13. The Balaban J connectivity index is 2.22. The number of hydrogen-bond acceptors (Lipinski definition) is 2. The molecule has 0 bridgehead atoms. The lowest BCUT2D eigenvalue weighted by Gasteiger charge is -2.27. The molecule has 126 valence electrons. The first-order chi connectivity index (χ1) is 12.3. The summed E-state index contributed by atoms with van der Waals surface area (Å²) >= 11 is 0. The molecule has 0 aliphatic heterocycles. The van der Waals surface area contributed by atoms with Crippen molar-refractivity contribution in [1.29, 1.82) is 0 Å². The summed E-state index contributed by atoms with van der Waals surface area (Å²) in [7, 11) is -0.640. The van der Waals surface area contributed by atoms with Crippen LogP contribution in [0, 0.1) is 0 Å². The monoisotopic (exact) mass is 350 g/mol. The average Bonchev–Trinajstić information content (AvgIpc) is 2.71. The molecular weight excluding hydrogens is 329 g/mol. The fourth-order valence-electron chi connectivity index (χ4n) is 3.02. The van der Waals surface area contributed by atoms with Crippen LogP contribution < -0.4 is 21.2 Å². The maximum absolute atomic E-state index is 11.8. The molecule has 3 aromatic carbocycles. The van der Waals surface area contributed by atoms with Gasteiger partial charge >= 0.3 is 6.09 Å². The van der Waals surface area contributed by atoms with E-state index in [-0.39, 0.29) is 0 Å².